The highest BCUT2D eigenvalue weighted by atomic mass is 16.5. The number of hydrogen-bond acceptors (Lipinski definition) is 4. The van der Waals surface area contributed by atoms with E-state index < -0.39 is 0 Å². The molecule has 0 N–H and O–H groups in total. The van der Waals surface area contributed by atoms with E-state index in [-0.39, 0.29) is 11.8 Å². The highest BCUT2D eigenvalue weighted by Gasteiger charge is 2.28. The highest BCUT2D eigenvalue weighted by Crippen LogP contribution is 2.27. The largest absolute Gasteiger partial charge is 0.361 e. The standard InChI is InChI=1S/C24H27N3O2/c1-19-17-22(25-29-19)18-26-13-8-14-27(16-15-26)24(28)23(20-9-4-2-5-10-20)21-11-6-3-7-12-21/h2-7,9-12,17,23H,8,13-16,18H2,1H3. The van der Waals surface area contributed by atoms with Gasteiger partial charge in [-0.25, -0.2) is 0 Å². The lowest BCUT2D eigenvalue weighted by atomic mass is 9.90. The van der Waals surface area contributed by atoms with Crippen molar-refractivity contribution in [1.82, 2.24) is 15.0 Å². The maximum Gasteiger partial charge on any atom is 0.234 e. The van der Waals surface area contributed by atoms with Crippen LogP contribution in [0.3, 0.4) is 0 Å². The van der Waals surface area contributed by atoms with Gasteiger partial charge in [-0.2, -0.15) is 0 Å². The Bertz CT molecular complexity index is 884. The molecule has 3 aromatic rings. The van der Waals surface area contributed by atoms with Crippen molar-refractivity contribution in [3.63, 3.8) is 0 Å². The van der Waals surface area contributed by atoms with Gasteiger partial charge in [-0.05, 0) is 24.5 Å². The number of hydrogen-bond donors (Lipinski definition) is 0. The number of amides is 1. The molecule has 0 bridgehead atoms. The van der Waals surface area contributed by atoms with Gasteiger partial charge in [-0.1, -0.05) is 65.8 Å². The first kappa shape index (κ1) is 19.4. The van der Waals surface area contributed by atoms with Crippen molar-refractivity contribution < 1.29 is 9.32 Å². The first-order valence-corrected chi connectivity index (χ1v) is 10.2. The van der Waals surface area contributed by atoms with Gasteiger partial charge in [0.2, 0.25) is 5.91 Å². The number of aromatic nitrogens is 1. The molecule has 0 unspecified atom stereocenters. The van der Waals surface area contributed by atoms with E-state index in [1.807, 2.05) is 78.6 Å². The van der Waals surface area contributed by atoms with E-state index >= 15 is 0 Å². The molecular weight excluding hydrogens is 362 g/mol. The zero-order chi connectivity index (χ0) is 20.1. The van der Waals surface area contributed by atoms with E-state index in [9.17, 15) is 4.79 Å². The van der Waals surface area contributed by atoms with Crippen molar-refractivity contribution in [3.05, 3.63) is 89.3 Å². The molecule has 1 amide bonds. The molecule has 1 aromatic heterocycles. The first-order chi connectivity index (χ1) is 14.2. The summed E-state index contributed by atoms with van der Waals surface area (Å²) in [4.78, 5) is 18.0. The fourth-order valence-corrected chi connectivity index (χ4v) is 4.02. The monoisotopic (exact) mass is 389 g/mol. The van der Waals surface area contributed by atoms with Crippen LogP contribution in [0.25, 0.3) is 0 Å². The normalized spacial score (nSPS) is 15.4. The number of nitrogens with zero attached hydrogens (tertiary/aromatic N) is 3. The Morgan fingerprint density at radius 2 is 1.62 bits per heavy atom. The molecule has 0 radical (unpaired) electrons. The average Bonchev–Trinajstić information content (AvgIpc) is 3.02. The van der Waals surface area contributed by atoms with E-state index in [1.54, 1.807) is 0 Å². The second-order valence-corrected chi connectivity index (χ2v) is 7.64. The van der Waals surface area contributed by atoms with Gasteiger partial charge in [0.25, 0.3) is 0 Å². The highest BCUT2D eigenvalue weighted by molar-refractivity contribution is 5.87. The fraction of sp³-hybridized carbons (Fsp3) is 0.333. The summed E-state index contributed by atoms with van der Waals surface area (Å²) in [5, 5.41) is 4.10. The quantitative estimate of drug-likeness (QED) is 0.665. The summed E-state index contributed by atoms with van der Waals surface area (Å²) >= 11 is 0. The zero-order valence-corrected chi connectivity index (χ0v) is 16.8. The topological polar surface area (TPSA) is 49.6 Å². The molecule has 150 valence electrons. The van der Waals surface area contributed by atoms with E-state index in [0.717, 1.165) is 61.7 Å². The van der Waals surface area contributed by atoms with Gasteiger partial charge >= 0.3 is 0 Å². The summed E-state index contributed by atoms with van der Waals surface area (Å²) in [6, 6.07) is 22.2. The van der Waals surface area contributed by atoms with E-state index in [4.69, 9.17) is 4.52 Å². The van der Waals surface area contributed by atoms with Gasteiger partial charge in [0.15, 0.2) is 0 Å². The van der Waals surface area contributed by atoms with Crippen molar-refractivity contribution >= 4 is 5.91 Å². The van der Waals surface area contributed by atoms with Crippen molar-refractivity contribution in [1.29, 1.82) is 0 Å². The van der Waals surface area contributed by atoms with Crippen LogP contribution in [-0.2, 0) is 11.3 Å². The lowest BCUT2D eigenvalue weighted by Gasteiger charge is -2.27. The third-order valence-corrected chi connectivity index (χ3v) is 5.48. The summed E-state index contributed by atoms with van der Waals surface area (Å²) < 4.78 is 5.18. The number of carbonyl (C=O) groups excluding carboxylic acids is 1. The second kappa shape index (κ2) is 9.05. The van der Waals surface area contributed by atoms with Crippen LogP contribution < -0.4 is 0 Å². The molecule has 2 aromatic carbocycles. The first-order valence-electron chi connectivity index (χ1n) is 10.2. The molecule has 1 fully saturated rings. The third-order valence-electron chi connectivity index (χ3n) is 5.48. The minimum absolute atomic E-state index is 0.182. The molecule has 1 aliphatic rings. The smallest absolute Gasteiger partial charge is 0.234 e. The molecule has 29 heavy (non-hydrogen) atoms. The van der Waals surface area contributed by atoms with Crippen LogP contribution in [0.2, 0.25) is 0 Å². The number of aryl methyl sites for hydroxylation is 1. The van der Waals surface area contributed by atoms with Crippen LogP contribution in [-0.4, -0.2) is 47.0 Å². The summed E-state index contributed by atoms with van der Waals surface area (Å²) in [5.74, 6) is 0.754. The zero-order valence-electron chi connectivity index (χ0n) is 16.8. The number of carbonyl (C=O) groups is 1. The molecule has 0 atom stereocenters. The Morgan fingerprint density at radius 3 is 2.21 bits per heavy atom. The van der Waals surface area contributed by atoms with Crippen LogP contribution in [0, 0.1) is 6.92 Å². The molecule has 0 spiro atoms. The summed E-state index contributed by atoms with van der Waals surface area (Å²) in [6.45, 7) is 5.98. The predicted molar refractivity (Wildman–Crippen MR) is 112 cm³/mol. The van der Waals surface area contributed by atoms with Gasteiger partial charge in [0.05, 0.1) is 11.6 Å². The average molecular weight is 389 g/mol. The summed E-state index contributed by atoms with van der Waals surface area (Å²) in [5.41, 5.74) is 3.04. The fourth-order valence-electron chi connectivity index (χ4n) is 4.02. The van der Waals surface area contributed by atoms with Crippen LogP contribution in [0.4, 0.5) is 0 Å². The van der Waals surface area contributed by atoms with E-state index in [1.165, 1.54) is 0 Å². The maximum absolute atomic E-state index is 13.6. The van der Waals surface area contributed by atoms with E-state index in [2.05, 4.69) is 10.1 Å². The van der Waals surface area contributed by atoms with Crippen LogP contribution in [0.15, 0.2) is 71.3 Å². The lowest BCUT2D eigenvalue weighted by molar-refractivity contribution is -0.131. The van der Waals surface area contributed by atoms with Crippen molar-refractivity contribution in [2.45, 2.75) is 25.8 Å². The van der Waals surface area contributed by atoms with Gasteiger partial charge in [0, 0.05) is 38.8 Å². The summed E-state index contributed by atoms with van der Waals surface area (Å²) in [7, 11) is 0. The summed E-state index contributed by atoms with van der Waals surface area (Å²) in [6.07, 6.45) is 0.957. The van der Waals surface area contributed by atoms with Gasteiger partial charge in [-0.15, -0.1) is 0 Å². The van der Waals surface area contributed by atoms with Crippen LogP contribution >= 0.6 is 0 Å². The molecule has 0 aliphatic carbocycles. The van der Waals surface area contributed by atoms with Crippen molar-refractivity contribution in [2.75, 3.05) is 26.2 Å². The molecule has 1 saturated heterocycles. The minimum Gasteiger partial charge on any atom is -0.361 e. The predicted octanol–water partition coefficient (Wildman–Crippen LogP) is 3.85. The Kier molecular flexibility index (Phi) is 6.06. The molecule has 5 nitrogen and oxygen atoms in total. The van der Waals surface area contributed by atoms with Gasteiger partial charge in [0.1, 0.15) is 5.76 Å². The molecule has 5 heteroatoms. The Balaban J connectivity index is 1.49. The SMILES string of the molecule is Cc1cc(CN2CCCN(C(=O)C(c3ccccc3)c3ccccc3)CC2)no1. The Hall–Kier alpha value is -2.92. The third kappa shape index (κ3) is 4.74. The van der Waals surface area contributed by atoms with E-state index in [0.29, 0.717) is 0 Å². The molecule has 1 aliphatic heterocycles. The number of benzene rings is 2. The second-order valence-electron chi connectivity index (χ2n) is 7.64. The minimum atomic E-state index is -0.262. The molecular formula is C24H27N3O2. The Morgan fingerprint density at radius 1 is 0.966 bits per heavy atom. The van der Waals surface area contributed by atoms with Gasteiger partial charge < -0.3 is 9.42 Å². The van der Waals surface area contributed by atoms with Crippen molar-refractivity contribution in [3.8, 4) is 0 Å². The molecule has 0 saturated carbocycles. The Labute approximate surface area is 171 Å². The number of rotatable bonds is 5. The van der Waals surface area contributed by atoms with Gasteiger partial charge in [-0.3, -0.25) is 9.69 Å². The molecule has 4 rings (SSSR count). The molecule has 2 heterocycles. The lowest BCUT2D eigenvalue weighted by Crippen LogP contribution is -2.38. The van der Waals surface area contributed by atoms with Crippen molar-refractivity contribution in [2.24, 2.45) is 0 Å². The van der Waals surface area contributed by atoms with Crippen LogP contribution in [0.5, 0.6) is 0 Å². The van der Waals surface area contributed by atoms with Crippen LogP contribution in [0.1, 0.15) is 34.9 Å². The maximum atomic E-state index is 13.6.